The van der Waals surface area contributed by atoms with E-state index >= 15 is 0 Å². The first kappa shape index (κ1) is 8.02. The third kappa shape index (κ3) is 1.50. The van der Waals surface area contributed by atoms with Gasteiger partial charge < -0.3 is 10.5 Å². The predicted octanol–water partition coefficient (Wildman–Crippen LogP) is 1.15. The Morgan fingerprint density at radius 3 is 2.50 bits per heavy atom. The van der Waals surface area contributed by atoms with Gasteiger partial charge in [0.1, 0.15) is 0 Å². The maximum absolute atomic E-state index is 5.61. The maximum atomic E-state index is 5.61. The van der Waals surface area contributed by atoms with Gasteiger partial charge in [-0.25, -0.2) is 0 Å². The number of hydrogen-bond donors (Lipinski definition) is 1. The van der Waals surface area contributed by atoms with Crippen LogP contribution >= 0.6 is 0 Å². The molecule has 0 saturated heterocycles. The van der Waals surface area contributed by atoms with Crippen LogP contribution in [0, 0.1) is 5.92 Å². The van der Waals surface area contributed by atoms with Gasteiger partial charge in [0.05, 0.1) is 5.60 Å². The van der Waals surface area contributed by atoms with Gasteiger partial charge in [-0.15, -0.1) is 0 Å². The minimum Gasteiger partial charge on any atom is -0.374 e. The summed E-state index contributed by atoms with van der Waals surface area (Å²) in [6, 6.07) is 0. The second-order valence-corrected chi connectivity index (χ2v) is 3.22. The molecule has 10 heavy (non-hydrogen) atoms. The lowest BCUT2D eigenvalue weighted by molar-refractivity contribution is -0.0345. The van der Waals surface area contributed by atoms with Crippen molar-refractivity contribution in [3.8, 4) is 0 Å². The van der Waals surface area contributed by atoms with Crippen LogP contribution in [0.4, 0.5) is 0 Å². The lowest BCUT2D eigenvalue weighted by Gasteiger charge is -2.27. The molecular formula is C8H17NO. The summed E-state index contributed by atoms with van der Waals surface area (Å²) in [4.78, 5) is 0. The van der Waals surface area contributed by atoms with Crippen LogP contribution in [-0.4, -0.2) is 18.8 Å². The Labute approximate surface area is 62.7 Å². The molecule has 1 saturated carbocycles. The molecule has 2 N–H and O–H groups in total. The molecule has 1 rings (SSSR count). The van der Waals surface area contributed by atoms with Crippen molar-refractivity contribution in [3.05, 3.63) is 0 Å². The van der Waals surface area contributed by atoms with Crippen LogP contribution in [0.1, 0.15) is 26.7 Å². The predicted molar refractivity (Wildman–Crippen MR) is 41.8 cm³/mol. The van der Waals surface area contributed by atoms with Crippen molar-refractivity contribution in [2.45, 2.75) is 32.3 Å². The van der Waals surface area contributed by atoms with Gasteiger partial charge in [0.25, 0.3) is 0 Å². The fourth-order valence-corrected chi connectivity index (χ4v) is 1.37. The smallest absolute Gasteiger partial charge is 0.0803 e. The zero-order valence-electron chi connectivity index (χ0n) is 6.89. The molecule has 0 heterocycles. The SMILES string of the molecule is CCOC(C)(CN)C1CC1. The molecule has 1 fully saturated rings. The first-order chi connectivity index (χ1) is 4.73. The minimum absolute atomic E-state index is 0.0191. The molecule has 0 aromatic heterocycles. The Bertz CT molecular complexity index is 112. The van der Waals surface area contributed by atoms with E-state index in [0.717, 1.165) is 12.5 Å². The summed E-state index contributed by atoms with van der Waals surface area (Å²) in [5, 5.41) is 0. The first-order valence-corrected chi connectivity index (χ1v) is 4.07. The Morgan fingerprint density at radius 1 is 1.60 bits per heavy atom. The normalized spacial score (nSPS) is 24.3. The largest absolute Gasteiger partial charge is 0.374 e. The van der Waals surface area contributed by atoms with Crippen molar-refractivity contribution in [2.75, 3.05) is 13.2 Å². The molecule has 0 spiro atoms. The van der Waals surface area contributed by atoms with E-state index in [1.807, 2.05) is 6.92 Å². The highest BCUT2D eigenvalue weighted by atomic mass is 16.5. The zero-order valence-corrected chi connectivity index (χ0v) is 6.89. The maximum Gasteiger partial charge on any atom is 0.0803 e. The van der Waals surface area contributed by atoms with Gasteiger partial charge >= 0.3 is 0 Å². The molecule has 0 aliphatic heterocycles. The lowest BCUT2D eigenvalue weighted by atomic mass is 10.0. The number of ether oxygens (including phenoxy) is 1. The monoisotopic (exact) mass is 143 g/mol. The summed E-state index contributed by atoms with van der Waals surface area (Å²) >= 11 is 0. The Morgan fingerprint density at radius 2 is 2.20 bits per heavy atom. The quantitative estimate of drug-likeness (QED) is 0.640. The molecule has 1 aliphatic carbocycles. The van der Waals surface area contributed by atoms with Crippen LogP contribution in [0.5, 0.6) is 0 Å². The van der Waals surface area contributed by atoms with E-state index in [-0.39, 0.29) is 5.60 Å². The number of hydrogen-bond acceptors (Lipinski definition) is 2. The van der Waals surface area contributed by atoms with E-state index in [1.54, 1.807) is 0 Å². The average Bonchev–Trinajstić information content (AvgIpc) is 2.69. The highest BCUT2D eigenvalue weighted by Crippen LogP contribution is 2.41. The summed E-state index contributed by atoms with van der Waals surface area (Å²) in [7, 11) is 0. The van der Waals surface area contributed by atoms with Crippen LogP contribution in [0.3, 0.4) is 0 Å². The van der Waals surface area contributed by atoms with E-state index in [4.69, 9.17) is 10.5 Å². The van der Waals surface area contributed by atoms with Crippen molar-refractivity contribution in [1.82, 2.24) is 0 Å². The van der Waals surface area contributed by atoms with E-state index < -0.39 is 0 Å². The molecule has 0 amide bonds. The summed E-state index contributed by atoms with van der Waals surface area (Å²) in [5.74, 6) is 0.734. The van der Waals surface area contributed by atoms with Gasteiger partial charge in [-0.2, -0.15) is 0 Å². The van der Waals surface area contributed by atoms with Crippen molar-refractivity contribution in [2.24, 2.45) is 11.7 Å². The van der Waals surface area contributed by atoms with Crippen LogP contribution in [-0.2, 0) is 4.74 Å². The standard InChI is InChI=1S/C8H17NO/c1-3-10-8(2,6-9)7-4-5-7/h7H,3-6,9H2,1-2H3. The van der Waals surface area contributed by atoms with Gasteiger partial charge in [0, 0.05) is 13.2 Å². The van der Waals surface area contributed by atoms with E-state index in [0.29, 0.717) is 6.54 Å². The van der Waals surface area contributed by atoms with Gasteiger partial charge in [-0.05, 0) is 32.6 Å². The van der Waals surface area contributed by atoms with Crippen LogP contribution in [0.2, 0.25) is 0 Å². The Balaban J connectivity index is 2.39. The summed E-state index contributed by atoms with van der Waals surface area (Å²) < 4.78 is 5.58. The fraction of sp³-hybridized carbons (Fsp3) is 1.00. The second kappa shape index (κ2) is 2.89. The minimum atomic E-state index is -0.0191. The molecule has 1 unspecified atom stereocenters. The zero-order chi connectivity index (χ0) is 7.61. The molecule has 0 aromatic rings. The van der Waals surface area contributed by atoms with Crippen LogP contribution < -0.4 is 5.73 Å². The topological polar surface area (TPSA) is 35.2 Å². The molecular weight excluding hydrogens is 126 g/mol. The summed E-state index contributed by atoms with van der Waals surface area (Å²) in [6.07, 6.45) is 2.60. The summed E-state index contributed by atoms with van der Waals surface area (Å²) in [5.41, 5.74) is 5.59. The highest BCUT2D eigenvalue weighted by Gasteiger charge is 2.40. The van der Waals surface area contributed by atoms with Gasteiger partial charge in [0.2, 0.25) is 0 Å². The molecule has 1 atom stereocenters. The van der Waals surface area contributed by atoms with Gasteiger partial charge in [-0.1, -0.05) is 0 Å². The summed E-state index contributed by atoms with van der Waals surface area (Å²) in [6.45, 7) is 5.58. The van der Waals surface area contributed by atoms with Crippen molar-refractivity contribution in [1.29, 1.82) is 0 Å². The molecule has 0 aromatic carbocycles. The third-order valence-electron chi connectivity index (χ3n) is 2.32. The molecule has 0 radical (unpaired) electrons. The van der Waals surface area contributed by atoms with E-state index in [9.17, 15) is 0 Å². The average molecular weight is 143 g/mol. The molecule has 60 valence electrons. The number of nitrogens with two attached hydrogens (primary N) is 1. The highest BCUT2D eigenvalue weighted by molar-refractivity contribution is 4.93. The Kier molecular flexibility index (Phi) is 2.32. The Hall–Kier alpha value is -0.0800. The van der Waals surface area contributed by atoms with Crippen LogP contribution in [0.25, 0.3) is 0 Å². The van der Waals surface area contributed by atoms with Crippen molar-refractivity contribution < 1.29 is 4.74 Å². The third-order valence-corrected chi connectivity index (χ3v) is 2.32. The molecule has 2 nitrogen and oxygen atoms in total. The van der Waals surface area contributed by atoms with Gasteiger partial charge in [-0.3, -0.25) is 0 Å². The van der Waals surface area contributed by atoms with Crippen molar-refractivity contribution in [3.63, 3.8) is 0 Å². The van der Waals surface area contributed by atoms with Crippen molar-refractivity contribution >= 4 is 0 Å². The first-order valence-electron chi connectivity index (χ1n) is 4.07. The van der Waals surface area contributed by atoms with Gasteiger partial charge in [0.15, 0.2) is 0 Å². The molecule has 2 heteroatoms. The van der Waals surface area contributed by atoms with Crippen LogP contribution in [0.15, 0.2) is 0 Å². The fourth-order valence-electron chi connectivity index (χ4n) is 1.37. The lowest BCUT2D eigenvalue weighted by Crippen LogP contribution is -2.39. The van der Waals surface area contributed by atoms with E-state index in [2.05, 4.69) is 6.92 Å². The number of rotatable bonds is 4. The second-order valence-electron chi connectivity index (χ2n) is 3.22. The molecule has 0 bridgehead atoms. The van der Waals surface area contributed by atoms with E-state index in [1.165, 1.54) is 12.8 Å². The molecule has 1 aliphatic rings.